The first-order valence-electron chi connectivity index (χ1n) is 8.92. The van der Waals surface area contributed by atoms with Crippen molar-refractivity contribution in [3.8, 4) is 5.75 Å². The molecule has 1 rings (SSSR count). The van der Waals surface area contributed by atoms with Gasteiger partial charge in [0.05, 0.1) is 0 Å². The fourth-order valence-electron chi connectivity index (χ4n) is 3.60. The smallest absolute Gasteiger partial charge is 0.428 e. The van der Waals surface area contributed by atoms with Crippen LogP contribution in [0, 0.1) is 26.2 Å². The van der Waals surface area contributed by atoms with E-state index in [9.17, 15) is 4.79 Å². The van der Waals surface area contributed by atoms with Gasteiger partial charge >= 0.3 is 6.16 Å². The first kappa shape index (κ1) is 21.5. The minimum atomic E-state index is -0.673. The Balaban J connectivity index is 3.43. The van der Waals surface area contributed by atoms with Gasteiger partial charge in [-0.25, -0.2) is 4.79 Å². The van der Waals surface area contributed by atoms with Crippen molar-refractivity contribution >= 4 is 6.16 Å². The van der Waals surface area contributed by atoms with Gasteiger partial charge < -0.3 is 9.47 Å². The highest BCUT2D eigenvalue weighted by Gasteiger charge is 2.34. The van der Waals surface area contributed by atoms with Crippen molar-refractivity contribution in [1.29, 1.82) is 0 Å². The predicted octanol–water partition coefficient (Wildman–Crippen LogP) is 6.03. The normalized spacial score (nSPS) is 12.9. The van der Waals surface area contributed by atoms with Gasteiger partial charge in [-0.3, -0.25) is 4.98 Å². The molecule has 1 aromatic heterocycles. The molecule has 0 unspecified atom stereocenters. The number of ether oxygens (including phenoxy) is 2. The molecule has 0 aliphatic rings. The highest BCUT2D eigenvalue weighted by Crippen LogP contribution is 2.43. The van der Waals surface area contributed by atoms with E-state index in [4.69, 9.17) is 9.47 Å². The van der Waals surface area contributed by atoms with E-state index in [1.54, 1.807) is 0 Å². The first-order valence-corrected chi connectivity index (χ1v) is 8.92. The summed E-state index contributed by atoms with van der Waals surface area (Å²) in [7, 11) is 0. The van der Waals surface area contributed by atoms with Gasteiger partial charge in [0, 0.05) is 22.5 Å². The molecule has 0 amide bonds. The second-order valence-corrected chi connectivity index (χ2v) is 9.80. The van der Waals surface area contributed by atoms with Crippen molar-refractivity contribution in [3.05, 3.63) is 22.5 Å². The number of aryl methyl sites for hydroxylation is 2. The van der Waals surface area contributed by atoms with Crippen LogP contribution in [-0.2, 0) is 10.2 Å². The Morgan fingerprint density at radius 2 is 1.44 bits per heavy atom. The summed E-state index contributed by atoms with van der Waals surface area (Å²) in [6.07, 6.45) is 0.267. The molecular weight excluding hydrogens is 314 g/mol. The predicted molar refractivity (Wildman–Crippen MR) is 102 cm³/mol. The van der Waals surface area contributed by atoms with Gasteiger partial charge in [0.15, 0.2) is 0 Å². The van der Waals surface area contributed by atoms with Crippen LogP contribution in [0.5, 0.6) is 5.75 Å². The number of carbonyl (C=O) groups excluding carboxylic acids is 1. The quantitative estimate of drug-likeness (QED) is 0.625. The van der Waals surface area contributed by atoms with E-state index in [1.165, 1.54) is 0 Å². The van der Waals surface area contributed by atoms with Crippen molar-refractivity contribution in [1.82, 2.24) is 4.98 Å². The highest BCUT2D eigenvalue weighted by molar-refractivity contribution is 5.67. The molecule has 0 aliphatic heterocycles. The molecule has 142 valence electrons. The average Bonchev–Trinajstić information content (AvgIpc) is 2.29. The molecule has 25 heavy (non-hydrogen) atoms. The third kappa shape index (κ3) is 6.02. The second kappa shape index (κ2) is 6.97. The fourth-order valence-corrected chi connectivity index (χ4v) is 3.60. The Morgan fingerprint density at radius 1 is 0.920 bits per heavy atom. The molecule has 0 saturated carbocycles. The summed E-state index contributed by atoms with van der Waals surface area (Å²) in [5.74, 6) is 0.591. The van der Waals surface area contributed by atoms with Crippen LogP contribution in [0.25, 0.3) is 0 Å². The number of nitrogens with zero attached hydrogens (tertiary/aromatic N) is 1. The summed E-state index contributed by atoms with van der Waals surface area (Å²) in [5, 5.41) is 0. The maximum Gasteiger partial charge on any atom is 0.514 e. The Bertz CT molecular complexity index is 647. The van der Waals surface area contributed by atoms with Gasteiger partial charge in [-0.1, -0.05) is 34.6 Å². The minimum Gasteiger partial charge on any atom is -0.428 e. The lowest BCUT2D eigenvalue weighted by atomic mass is 9.71. The Labute approximate surface area is 153 Å². The van der Waals surface area contributed by atoms with Crippen LogP contribution < -0.4 is 4.74 Å². The zero-order valence-corrected chi connectivity index (χ0v) is 17.9. The number of rotatable bonds is 3. The second-order valence-electron chi connectivity index (χ2n) is 9.80. The highest BCUT2D eigenvalue weighted by atomic mass is 16.7. The molecule has 1 heterocycles. The van der Waals surface area contributed by atoms with Crippen LogP contribution in [0.2, 0.25) is 0 Å². The number of aromatic nitrogens is 1. The number of hydrogen-bond donors (Lipinski definition) is 0. The molecular formula is C21H35NO3. The molecule has 1 aromatic rings. The number of pyridine rings is 1. The Hall–Kier alpha value is -1.58. The van der Waals surface area contributed by atoms with Crippen molar-refractivity contribution in [3.63, 3.8) is 0 Å². The zero-order chi connectivity index (χ0) is 19.8. The van der Waals surface area contributed by atoms with Crippen LogP contribution >= 0.6 is 0 Å². The van der Waals surface area contributed by atoms with E-state index in [-0.39, 0.29) is 10.8 Å². The topological polar surface area (TPSA) is 48.4 Å². The fraction of sp³-hybridized carbons (Fsp3) is 0.714. The lowest BCUT2D eigenvalue weighted by molar-refractivity contribution is 0.0200. The Morgan fingerprint density at radius 3 is 1.88 bits per heavy atom. The monoisotopic (exact) mass is 349 g/mol. The van der Waals surface area contributed by atoms with Gasteiger partial charge in [0.25, 0.3) is 0 Å². The summed E-state index contributed by atoms with van der Waals surface area (Å²) in [4.78, 5) is 17.0. The molecule has 0 saturated heterocycles. The molecule has 4 heteroatoms. The summed E-state index contributed by atoms with van der Waals surface area (Å²) in [6, 6.07) is 0. The number of hydrogen-bond acceptors (Lipinski definition) is 4. The molecule has 0 atom stereocenters. The van der Waals surface area contributed by atoms with Gasteiger partial charge in [0.2, 0.25) is 0 Å². The summed E-state index contributed by atoms with van der Waals surface area (Å²) >= 11 is 0. The van der Waals surface area contributed by atoms with E-state index in [1.807, 2.05) is 41.5 Å². The van der Waals surface area contributed by atoms with E-state index < -0.39 is 11.8 Å². The van der Waals surface area contributed by atoms with E-state index in [0.717, 1.165) is 28.9 Å². The molecule has 0 bridgehead atoms. The SMILES string of the molecule is Cc1nc(C)c(C(C)(C)CC(C)(C)C)c(OC(=O)OC(C)(C)C)c1C. The summed E-state index contributed by atoms with van der Waals surface area (Å²) < 4.78 is 11.1. The van der Waals surface area contributed by atoms with Gasteiger partial charge in [-0.15, -0.1) is 0 Å². The zero-order valence-electron chi connectivity index (χ0n) is 17.9. The molecule has 0 N–H and O–H groups in total. The molecule has 0 aromatic carbocycles. The van der Waals surface area contributed by atoms with Crippen LogP contribution in [-0.4, -0.2) is 16.7 Å². The summed E-state index contributed by atoms with van der Waals surface area (Å²) in [6.45, 7) is 22.3. The standard InChI is InChI=1S/C21H35NO3/c1-13-14(2)22-15(3)16(21(10,11)12-19(4,5)6)17(13)24-18(23)25-20(7,8)9/h12H2,1-11H3. The van der Waals surface area contributed by atoms with Gasteiger partial charge in [0.1, 0.15) is 11.4 Å². The largest absolute Gasteiger partial charge is 0.514 e. The van der Waals surface area contributed by atoms with Crippen molar-refractivity contribution in [2.45, 2.75) is 93.6 Å². The molecule has 0 fully saturated rings. The van der Waals surface area contributed by atoms with Crippen LogP contribution in [0.4, 0.5) is 4.79 Å². The maximum absolute atomic E-state index is 12.3. The average molecular weight is 350 g/mol. The van der Waals surface area contributed by atoms with Crippen LogP contribution in [0.1, 0.15) is 84.3 Å². The maximum atomic E-state index is 12.3. The molecule has 0 radical (unpaired) electrons. The lowest BCUT2D eigenvalue weighted by Gasteiger charge is -2.35. The van der Waals surface area contributed by atoms with E-state index in [0.29, 0.717) is 5.75 Å². The Kier molecular flexibility index (Phi) is 5.98. The molecule has 0 aliphatic carbocycles. The lowest BCUT2D eigenvalue weighted by Crippen LogP contribution is -2.30. The van der Waals surface area contributed by atoms with E-state index >= 15 is 0 Å². The van der Waals surface area contributed by atoms with Crippen molar-refractivity contribution in [2.24, 2.45) is 5.41 Å². The number of carbonyl (C=O) groups is 1. The molecule has 4 nitrogen and oxygen atoms in total. The minimum absolute atomic E-state index is 0.137. The van der Waals surface area contributed by atoms with Crippen molar-refractivity contribution in [2.75, 3.05) is 0 Å². The van der Waals surface area contributed by atoms with Crippen LogP contribution in [0.3, 0.4) is 0 Å². The molecule has 0 spiro atoms. The summed E-state index contributed by atoms with van der Waals surface area (Å²) in [5.41, 5.74) is 2.99. The van der Waals surface area contributed by atoms with E-state index in [2.05, 4.69) is 39.6 Å². The third-order valence-corrected chi connectivity index (χ3v) is 4.03. The first-order chi connectivity index (χ1) is 11.0. The third-order valence-electron chi connectivity index (χ3n) is 4.03. The van der Waals surface area contributed by atoms with Gasteiger partial charge in [-0.2, -0.15) is 0 Å². The van der Waals surface area contributed by atoms with Crippen LogP contribution in [0.15, 0.2) is 0 Å². The van der Waals surface area contributed by atoms with Gasteiger partial charge in [-0.05, 0) is 58.8 Å². The van der Waals surface area contributed by atoms with Crippen molar-refractivity contribution < 1.29 is 14.3 Å².